The minimum atomic E-state index is -0.793. The lowest BCUT2D eigenvalue weighted by Gasteiger charge is -2.24. The van der Waals surface area contributed by atoms with Crippen LogP contribution in [0.5, 0.6) is 0 Å². The third-order valence-electron chi connectivity index (χ3n) is 4.94. The molecule has 2 heterocycles. The van der Waals surface area contributed by atoms with Gasteiger partial charge in [0.2, 0.25) is 11.8 Å². The molecule has 3 rings (SSSR count). The summed E-state index contributed by atoms with van der Waals surface area (Å²) in [5.41, 5.74) is 5.30. The summed E-state index contributed by atoms with van der Waals surface area (Å²) in [5, 5.41) is 4.74. The monoisotopic (exact) mass is 440 g/mol. The van der Waals surface area contributed by atoms with E-state index < -0.39 is 11.4 Å². The van der Waals surface area contributed by atoms with E-state index in [4.69, 9.17) is 11.6 Å². The van der Waals surface area contributed by atoms with Crippen LogP contribution in [0.4, 0.5) is 5.69 Å². The fourth-order valence-corrected chi connectivity index (χ4v) is 4.53. The van der Waals surface area contributed by atoms with Crippen LogP contribution in [-0.2, 0) is 16.0 Å². The fourth-order valence-electron chi connectivity index (χ4n) is 3.61. The highest BCUT2D eigenvalue weighted by atomic mass is 79.9. The standard InChI is InChI=1S/C18H22BrClN4O2/c1-4-10-7-5-6-8-12(10)21-17(25)13-11(9-23(2)18(13)26)15-14(19)16(20)22-24(15)3/h5-8,11,13,16,22H,4,9H2,1-3H3,(H,21,25)/t11-,13-,16?/m0/s1. The van der Waals surface area contributed by atoms with Crippen LogP contribution in [0.25, 0.3) is 0 Å². The number of nitrogens with one attached hydrogen (secondary N) is 2. The van der Waals surface area contributed by atoms with Gasteiger partial charge in [0.25, 0.3) is 0 Å². The van der Waals surface area contributed by atoms with Gasteiger partial charge in [-0.15, -0.1) is 0 Å². The molecule has 6 nitrogen and oxygen atoms in total. The second-order valence-electron chi connectivity index (χ2n) is 6.59. The largest absolute Gasteiger partial charge is 0.344 e. The number of carbonyl (C=O) groups is 2. The maximum absolute atomic E-state index is 13.0. The molecule has 1 aromatic rings. The number of hydrazine groups is 1. The van der Waals surface area contributed by atoms with Gasteiger partial charge in [-0.1, -0.05) is 52.7 Å². The number of likely N-dealkylation sites (tertiary alicyclic amines) is 1. The molecule has 0 aliphatic carbocycles. The second-order valence-corrected chi connectivity index (χ2v) is 7.88. The van der Waals surface area contributed by atoms with E-state index in [9.17, 15) is 9.59 Å². The van der Waals surface area contributed by atoms with Crippen LogP contribution in [0, 0.1) is 11.8 Å². The van der Waals surface area contributed by atoms with Crippen LogP contribution in [0.15, 0.2) is 34.4 Å². The zero-order chi connectivity index (χ0) is 19.0. The van der Waals surface area contributed by atoms with Crippen molar-refractivity contribution in [3.63, 3.8) is 0 Å². The van der Waals surface area contributed by atoms with Gasteiger partial charge in [-0.3, -0.25) is 9.59 Å². The van der Waals surface area contributed by atoms with Crippen molar-refractivity contribution >= 4 is 45.0 Å². The Morgan fingerprint density at radius 3 is 2.69 bits per heavy atom. The van der Waals surface area contributed by atoms with Crippen molar-refractivity contribution < 1.29 is 9.59 Å². The minimum absolute atomic E-state index is 0.180. The first-order valence-electron chi connectivity index (χ1n) is 8.52. The maximum atomic E-state index is 13.0. The van der Waals surface area contributed by atoms with Gasteiger partial charge >= 0.3 is 0 Å². The molecule has 0 spiro atoms. The number of amides is 2. The first kappa shape index (κ1) is 19.2. The van der Waals surface area contributed by atoms with Gasteiger partial charge in [0.05, 0.1) is 0 Å². The van der Waals surface area contributed by atoms with Crippen molar-refractivity contribution in [3.05, 3.63) is 40.0 Å². The Labute approximate surface area is 166 Å². The molecule has 1 saturated heterocycles. The summed E-state index contributed by atoms with van der Waals surface area (Å²) >= 11 is 9.75. The van der Waals surface area contributed by atoms with Gasteiger partial charge in [-0.2, -0.15) is 0 Å². The van der Waals surface area contributed by atoms with Crippen LogP contribution in [0.1, 0.15) is 12.5 Å². The molecule has 2 N–H and O–H groups in total. The summed E-state index contributed by atoms with van der Waals surface area (Å²) < 4.78 is 0.765. The number of para-hydroxylation sites is 1. The second kappa shape index (κ2) is 7.58. The minimum Gasteiger partial charge on any atom is -0.344 e. The zero-order valence-corrected chi connectivity index (χ0v) is 17.3. The molecule has 0 radical (unpaired) electrons. The number of rotatable bonds is 4. The summed E-state index contributed by atoms with van der Waals surface area (Å²) in [6.07, 6.45) is 0.801. The highest BCUT2D eigenvalue weighted by Gasteiger charge is 2.48. The highest BCUT2D eigenvalue weighted by Crippen LogP contribution is 2.39. The number of carbonyl (C=O) groups excluding carboxylic acids is 2. The molecule has 140 valence electrons. The third kappa shape index (κ3) is 3.35. The van der Waals surface area contributed by atoms with Gasteiger partial charge in [0.1, 0.15) is 11.4 Å². The number of benzene rings is 1. The van der Waals surface area contributed by atoms with E-state index in [0.717, 1.165) is 27.9 Å². The van der Waals surface area contributed by atoms with Gasteiger partial charge in [-0.05, 0) is 18.1 Å². The first-order chi connectivity index (χ1) is 12.3. The molecule has 2 aliphatic heterocycles. The first-order valence-corrected chi connectivity index (χ1v) is 9.75. The van der Waals surface area contributed by atoms with Crippen molar-refractivity contribution in [2.45, 2.75) is 18.8 Å². The summed E-state index contributed by atoms with van der Waals surface area (Å²) in [4.78, 5) is 27.3. The van der Waals surface area contributed by atoms with Crippen LogP contribution in [0.3, 0.4) is 0 Å². The number of aryl methyl sites for hydroxylation is 1. The third-order valence-corrected chi connectivity index (χ3v) is 6.38. The summed E-state index contributed by atoms with van der Waals surface area (Å²) in [6, 6.07) is 7.65. The number of hydrogen-bond acceptors (Lipinski definition) is 4. The number of hydrogen-bond donors (Lipinski definition) is 2. The molecule has 3 atom stereocenters. The van der Waals surface area contributed by atoms with Crippen molar-refractivity contribution in [3.8, 4) is 0 Å². The highest BCUT2D eigenvalue weighted by molar-refractivity contribution is 9.11. The molecule has 26 heavy (non-hydrogen) atoms. The van der Waals surface area contributed by atoms with Crippen LogP contribution < -0.4 is 10.7 Å². The Bertz CT molecular complexity index is 769. The van der Waals surface area contributed by atoms with Gasteiger partial charge in [0.15, 0.2) is 0 Å². The van der Waals surface area contributed by atoms with Gasteiger partial charge in [-0.25, -0.2) is 5.43 Å². The number of halogens is 2. The Hall–Kier alpha value is -1.57. The SMILES string of the molecule is CCc1ccccc1NC(=O)[C@H]1C(=O)N(C)C[C@@H]1C1=C(Br)C(Cl)NN1C. The fraction of sp³-hybridized carbons (Fsp3) is 0.444. The Kier molecular flexibility index (Phi) is 5.60. The topological polar surface area (TPSA) is 64.7 Å². The van der Waals surface area contributed by atoms with E-state index in [1.807, 2.05) is 38.2 Å². The Balaban J connectivity index is 1.90. The Morgan fingerprint density at radius 2 is 2.08 bits per heavy atom. The van der Waals surface area contributed by atoms with Crippen molar-refractivity contribution in [2.75, 3.05) is 26.0 Å². The van der Waals surface area contributed by atoms with Crippen LogP contribution in [-0.4, -0.2) is 47.9 Å². The molecule has 8 heteroatoms. The lowest BCUT2D eigenvalue weighted by atomic mass is 9.91. The maximum Gasteiger partial charge on any atom is 0.237 e. The van der Waals surface area contributed by atoms with Crippen molar-refractivity contribution in [2.24, 2.45) is 11.8 Å². The molecule has 1 fully saturated rings. The van der Waals surface area contributed by atoms with E-state index >= 15 is 0 Å². The molecule has 2 amide bonds. The number of anilines is 1. The average Bonchev–Trinajstić information content (AvgIpc) is 3.03. The van der Waals surface area contributed by atoms with E-state index in [-0.39, 0.29) is 17.7 Å². The normalized spacial score (nSPS) is 26.0. The predicted octanol–water partition coefficient (Wildman–Crippen LogP) is 2.51. The molecule has 1 unspecified atom stereocenters. The van der Waals surface area contributed by atoms with Crippen LogP contribution >= 0.6 is 27.5 Å². The Morgan fingerprint density at radius 1 is 1.38 bits per heavy atom. The predicted molar refractivity (Wildman–Crippen MR) is 106 cm³/mol. The van der Waals surface area contributed by atoms with E-state index in [1.54, 1.807) is 17.0 Å². The summed E-state index contributed by atoms with van der Waals surface area (Å²) in [6.45, 7) is 2.50. The van der Waals surface area contributed by atoms with Gasteiger partial charge < -0.3 is 15.2 Å². The molecule has 2 aliphatic rings. The van der Waals surface area contributed by atoms with E-state index in [0.29, 0.717) is 6.54 Å². The zero-order valence-electron chi connectivity index (χ0n) is 14.9. The smallest absolute Gasteiger partial charge is 0.237 e. The molecular formula is C18H22BrClN4O2. The summed E-state index contributed by atoms with van der Waals surface area (Å²) in [5.74, 6) is -1.54. The molecular weight excluding hydrogens is 420 g/mol. The molecule has 0 bridgehead atoms. The van der Waals surface area contributed by atoms with Crippen molar-refractivity contribution in [1.29, 1.82) is 0 Å². The van der Waals surface area contributed by atoms with E-state index in [1.165, 1.54) is 0 Å². The van der Waals surface area contributed by atoms with Crippen molar-refractivity contribution in [1.82, 2.24) is 15.3 Å². The summed E-state index contributed by atoms with van der Waals surface area (Å²) in [7, 11) is 3.56. The molecule has 0 aromatic heterocycles. The lowest BCUT2D eigenvalue weighted by molar-refractivity contribution is -0.135. The average molecular weight is 442 g/mol. The molecule has 1 aromatic carbocycles. The van der Waals surface area contributed by atoms with Gasteiger partial charge in [0, 0.05) is 42.4 Å². The number of alkyl halides is 1. The van der Waals surface area contributed by atoms with Crippen LogP contribution in [0.2, 0.25) is 0 Å². The molecule has 0 saturated carbocycles. The quantitative estimate of drug-likeness (QED) is 0.428. The van der Waals surface area contributed by atoms with E-state index in [2.05, 4.69) is 26.7 Å². The lowest BCUT2D eigenvalue weighted by Crippen LogP contribution is -2.38. The number of nitrogens with zero attached hydrogens (tertiary/aromatic N) is 2.